The highest BCUT2D eigenvalue weighted by atomic mass is 32.1. The first kappa shape index (κ1) is 28.3. The first-order chi connectivity index (χ1) is 15.1. The maximum absolute atomic E-state index is 10.6. The highest BCUT2D eigenvalue weighted by Crippen LogP contribution is 2.17. The fraction of sp³-hybridized carbons (Fsp3) is 0.529. The SMILES string of the molecule is CN(C)Cc1cn2c(n1)CN(Cc1nccs1)CC2.O=C(O)C(F)(F)F.O=C(O)C(F)(F)F. The Hall–Kier alpha value is -2.72. The van der Waals surface area contributed by atoms with E-state index in [4.69, 9.17) is 24.8 Å². The van der Waals surface area contributed by atoms with Crippen molar-refractivity contribution in [2.24, 2.45) is 0 Å². The Labute approximate surface area is 187 Å². The molecule has 0 aliphatic carbocycles. The van der Waals surface area contributed by atoms with E-state index >= 15 is 0 Å². The van der Waals surface area contributed by atoms with Crippen LogP contribution in [0.25, 0.3) is 0 Å². The second kappa shape index (κ2) is 11.9. The van der Waals surface area contributed by atoms with Crippen molar-refractivity contribution in [1.29, 1.82) is 0 Å². The molecule has 1 aliphatic rings. The van der Waals surface area contributed by atoms with Crippen LogP contribution in [0.4, 0.5) is 26.3 Å². The van der Waals surface area contributed by atoms with Crippen molar-refractivity contribution >= 4 is 23.3 Å². The number of carboxylic acid groups (broad SMARTS) is 2. The molecule has 2 N–H and O–H groups in total. The normalized spacial score (nSPS) is 14.0. The summed E-state index contributed by atoms with van der Waals surface area (Å²) >= 11 is 1.72. The third-order valence-corrected chi connectivity index (χ3v) is 4.50. The number of nitrogens with zero attached hydrogens (tertiary/aromatic N) is 5. The van der Waals surface area contributed by atoms with E-state index in [1.807, 2.05) is 11.6 Å². The molecule has 0 spiro atoms. The zero-order valence-electron chi connectivity index (χ0n) is 17.4. The number of alkyl halides is 6. The Morgan fingerprint density at radius 2 is 1.64 bits per heavy atom. The molecular formula is C17H21F6N5O4S. The van der Waals surface area contributed by atoms with Crippen molar-refractivity contribution in [3.05, 3.63) is 34.3 Å². The largest absolute Gasteiger partial charge is 0.490 e. The van der Waals surface area contributed by atoms with Gasteiger partial charge in [-0.15, -0.1) is 11.3 Å². The predicted octanol–water partition coefficient (Wildman–Crippen LogP) is 2.68. The van der Waals surface area contributed by atoms with Gasteiger partial charge in [0.25, 0.3) is 0 Å². The summed E-state index contributed by atoms with van der Waals surface area (Å²) in [7, 11) is 4.15. The smallest absolute Gasteiger partial charge is 0.475 e. The van der Waals surface area contributed by atoms with Crippen LogP contribution in [-0.4, -0.2) is 79.5 Å². The second-order valence-corrected chi connectivity index (χ2v) is 7.80. The maximum Gasteiger partial charge on any atom is 0.490 e. The summed E-state index contributed by atoms with van der Waals surface area (Å²) in [5.74, 6) is -4.33. The van der Waals surface area contributed by atoms with Crippen LogP contribution >= 0.6 is 11.3 Å². The first-order valence-electron chi connectivity index (χ1n) is 9.00. The van der Waals surface area contributed by atoms with Crippen LogP contribution < -0.4 is 0 Å². The lowest BCUT2D eigenvalue weighted by molar-refractivity contribution is -0.193. The van der Waals surface area contributed by atoms with Crippen molar-refractivity contribution in [3.8, 4) is 0 Å². The zero-order valence-corrected chi connectivity index (χ0v) is 18.2. The fourth-order valence-electron chi connectivity index (χ4n) is 2.42. The van der Waals surface area contributed by atoms with Crippen LogP contribution in [0.3, 0.4) is 0 Å². The summed E-state index contributed by atoms with van der Waals surface area (Å²) in [5.41, 5.74) is 1.16. The lowest BCUT2D eigenvalue weighted by Crippen LogP contribution is -2.33. The van der Waals surface area contributed by atoms with E-state index in [2.05, 4.69) is 39.6 Å². The fourth-order valence-corrected chi connectivity index (χ4v) is 3.08. The van der Waals surface area contributed by atoms with Crippen LogP contribution in [0.5, 0.6) is 0 Å². The number of imidazole rings is 1. The number of thiazole rings is 1. The molecule has 16 heteroatoms. The van der Waals surface area contributed by atoms with Crippen molar-refractivity contribution < 1.29 is 46.1 Å². The molecule has 3 rings (SSSR count). The highest BCUT2D eigenvalue weighted by Gasteiger charge is 2.38. The second-order valence-electron chi connectivity index (χ2n) is 6.82. The highest BCUT2D eigenvalue weighted by molar-refractivity contribution is 7.09. The van der Waals surface area contributed by atoms with Gasteiger partial charge in [-0.3, -0.25) is 4.90 Å². The van der Waals surface area contributed by atoms with E-state index in [1.165, 1.54) is 10.8 Å². The van der Waals surface area contributed by atoms with Crippen LogP contribution in [-0.2, 0) is 35.8 Å². The van der Waals surface area contributed by atoms with Gasteiger partial charge in [-0.2, -0.15) is 26.3 Å². The molecule has 2 aromatic heterocycles. The number of fused-ring (bicyclic) bond motifs is 1. The molecule has 33 heavy (non-hydrogen) atoms. The monoisotopic (exact) mass is 505 g/mol. The summed E-state index contributed by atoms with van der Waals surface area (Å²) in [5, 5.41) is 17.5. The summed E-state index contributed by atoms with van der Waals surface area (Å²) in [6, 6.07) is 0. The molecule has 0 bridgehead atoms. The summed E-state index contributed by atoms with van der Waals surface area (Å²) in [6.45, 7) is 4.87. The molecule has 0 saturated heterocycles. The van der Waals surface area contributed by atoms with Gasteiger partial charge in [0.2, 0.25) is 0 Å². The summed E-state index contributed by atoms with van der Waals surface area (Å²) in [6.07, 6.45) is -6.10. The molecule has 0 unspecified atom stereocenters. The van der Waals surface area contributed by atoms with Crippen molar-refractivity contribution in [3.63, 3.8) is 0 Å². The number of rotatable bonds is 4. The van der Waals surface area contributed by atoms with E-state index in [-0.39, 0.29) is 0 Å². The molecule has 0 atom stereocenters. The van der Waals surface area contributed by atoms with Gasteiger partial charge in [0.05, 0.1) is 18.8 Å². The number of aliphatic carboxylic acids is 2. The van der Waals surface area contributed by atoms with Gasteiger partial charge in [0, 0.05) is 37.4 Å². The molecular weight excluding hydrogens is 484 g/mol. The Morgan fingerprint density at radius 1 is 1.09 bits per heavy atom. The Balaban J connectivity index is 0.000000324. The minimum atomic E-state index is -5.08. The number of aromatic nitrogens is 3. The maximum atomic E-state index is 10.6. The summed E-state index contributed by atoms with van der Waals surface area (Å²) < 4.78 is 65.8. The van der Waals surface area contributed by atoms with Gasteiger partial charge in [0.1, 0.15) is 10.8 Å². The van der Waals surface area contributed by atoms with Crippen LogP contribution in [0, 0.1) is 0 Å². The minimum absolute atomic E-state index is 0.909. The van der Waals surface area contributed by atoms with Gasteiger partial charge < -0.3 is 19.7 Å². The predicted molar refractivity (Wildman–Crippen MR) is 103 cm³/mol. The van der Waals surface area contributed by atoms with Crippen LogP contribution in [0.2, 0.25) is 0 Å². The lowest BCUT2D eigenvalue weighted by atomic mass is 10.3. The van der Waals surface area contributed by atoms with Gasteiger partial charge in [0.15, 0.2) is 0 Å². The molecule has 0 amide bonds. The van der Waals surface area contributed by atoms with E-state index in [0.717, 1.165) is 38.4 Å². The molecule has 2 aromatic rings. The molecule has 0 aromatic carbocycles. The average Bonchev–Trinajstić information content (AvgIpc) is 3.29. The summed E-state index contributed by atoms with van der Waals surface area (Å²) in [4.78, 5) is 31.5. The molecule has 0 fully saturated rings. The van der Waals surface area contributed by atoms with Gasteiger partial charge in [-0.1, -0.05) is 0 Å². The molecule has 9 nitrogen and oxygen atoms in total. The third-order valence-electron chi connectivity index (χ3n) is 3.74. The molecule has 0 saturated carbocycles. The Kier molecular flexibility index (Phi) is 10.2. The first-order valence-corrected chi connectivity index (χ1v) is 9.88. The van der Waals surface area contributed by atoms with E-state index < -0.39 is 24.3 Å². The van der Waals surface area contributed by atoms with Gasteiger partial charge in [-0.25, -0.2) is 19.6 Å². The average molecular weight is 505 g/mol. The number of hydrogen-bond donors (Lipinski definition) is 2. The van der Waals surface area contributed by atoms with Crippen molar-refractivity contribution in [2.75, 3.05) is 20.6 Å². The van der Waals surface area contributed by atoms with E-state index in [0.29, 0.717) is 0 Å². The number of halogens is 6. The number of carbonyl (C=O) groups is 2. The lowest BCUT2D eigenvalue weighted by Gasteiger charge is -2.26. The van der Waals surface area contributed by atoms with Gasteiger partial charge >= 0.3 is 24.3 Å². The van der Waals surface area contributed by atoms with E-state index in [1.54, 1.807) is 11.3 Å². The Morgan fingerprint density at radius 3 is 2.06 bits per heavy atom. The van der Waals surface area contributed by atoms with Crippen molar-refractivity contribution in [1.82, 2.24) is 24.3 Å². The molecule has 1 aliphatic heterocycles. The standard InChI is InChI=1S/C13H19N5S.2C2HF3O2/c1-16(2)7-11-8-18-5-4-17(9-12(18)15-11)10-13-14-3-6-19-13;2*3-2(4,5)1(6)7/h3,6,8H,4-5,7,9-10H2,1-2H3;2*(H,6,7). The molecule has 186 valence electrons. The number of hydrogen-bond acceptors (Lipinski definition) is 7. The van der Waals surface area contributed by atoms with Crippen LogP contribution in [0.1, 0.15) is 16.5 Å². The topological polar surface area (TPSA) is 112 Å². The van der Waals surface area contributed by atoms with Gasteiger partial charge in [-0.05, 0) is 14.1 Å². The Bertz CT molecular complexity index is 875. The van der Waals surface area contributed by atoms with Crippen molar-refractivity contribution in [2.45, 2.75) is 38.5 Å². The van der Waals surface area contributed by atoms with Crippen LogP contribution in [0.15, 0.2) is 17.8 Å². The zero-order chi connectivity index (χ0) is 25.4. The molecule has 3 heterocycles. The van der Waals surface area contributed by atoms with E-state index in [9.17, 15) is 26.3 Å². The number of carboxylic acids is 2. The quantitative estimate of drug-likeness (QED) is 0.611. The third kappa shape index (κ3) is 10.6. The minimum Gasteiger partial charge on any atom is -0.475 e. The molecule has 0 radical (unpaired) electrons.